The van der Waals surface area contributed by atoms with Crippen molar-refractivity contribution in [3.63, 3.8) is 0 Å². The number of aromatic nitrogens is 1. The van der Waals surface area contributed by atoms with Crippen LogP contribution in [0.1, 0.15) is 12.5 Å². The van der Waals surface area contributed by atoms with Gasteiger partial charge in [0.15, 0.2) is 0 Å². The van der Waals surface area contributed by atoms with Crippen LogP contribution in [-0.4, -0.2) is 16.8 Å². The maximum atomic E-state index is 11.7. The number of carbonyl (C=O) groups excluding carboxylic acids is 2. The highest BCUT2D eigenvalue weighted by Gasteiger charge is 2.31. The standard InChI is InChI=1S/C11H9BrN2O2/c1-6-3-8(12)5-13-10(6)14-9(15)4-7(2)11(14)16/h3-5H,1-2H3. The Morgan fingerprint density at radius 1 is 1.31 bits per heavy atom. The number of hydrogen-bond acceptors (Lipinski definition) is 3. The Bertz CT molecular complexity index is 523. The van der Waals surface area contributed by atoms with Crippen molar-refractivity contribution in [2.45, 2.75) is 13.8 Å². The summed E-state index contributed by atoms with van der Waals surface area (Å²) in [6, 6.07) is 1.82. The summed E-state index contributed by atoms with van der Waals surface area (Å²) in [4.78, 5) is 28.5. The van der Waals surface area contributed by atoms with Crippen molar-refractivity contribution in [2.24, 2.45) is 0 Å². The molecule has 0 spiro atoms. The van der Waals surface area contributed by atoms with Crippen LogP contribution in [0.5, 0.6) is 0 Å². The van der Waals surface area contributed by atoms with Crippen molar-refractivity contribution in [3.8, 4) is 0 Å². The van der Waals surface area contributed by atoms with Crippen molar-refractivity contribution in [2.75, 3.05) is 4.90 Å². The Morgan fingerprint density at radius 2 is 2.00 bits per heavy atom. The molecule has 0 fully saturated rings. The summed E-state index contributed by atoms with van der Waals surface area (Å²) in [5, 5.41) is 0. The van der Waals surface area contributed by atoms with E-state index in [2.05, 4.69) is 20.9 Å². The number of pyridine rings is 1. The molecule has 1 aromatic heterocycles. The summed E-state index contributed by atoms with van der Waals surface area (Å²) in [6.45, 7) is 3.43. The SMILES string of the molecule is CC1=CC(=O)N(c2ncc(Br)cc2C)C1=O. The molecule has 0 aliphatic carbocycles. The third-order valence-electron chi connectivity index (χ3n) is 2.33. The van der Waals surface area contributed by atoms with E-state index >= 15 is 0 Å². The van der Waals surface area contributed by atoms with Crippen LogP contribution in [0.4, 0.5) is 5.82 Å². The summed E-state index contributed by atoms with van der Waals surface area (Å²) < 4.78 is 0.817. The lowest BCUT2D eigenvalue weighted by atomic mass is 10.2. The van der Waals surface area contributed by atoms with Crippen LogP contribution in [0.3, 0.4) is 0 Å². The molecular weight excluding hydrogens is 272 g/mol. The van der Waals surface area contributed by atoms with Crippen LogP contribution in [0.25, 0.3) is 0 Å². The summed E-state index contributed by atoms with van der Waals surface area (Å²) in [5.41, 5.74) is 1.22. The largest absolute Gasteiger partial charge is 0.269 e. The number of halogens is 1. The topological polar surface area (TPSA) is 50.3 Å². The summed E-state index contributed by atoms with van der Waals surface area (Å²) >= 11 is 3.28. The quantitative estimate of drug-likeness (QED) is 0.739. The van der Waals surface area contributed by atoms with Gasteiger partial charge in [0.2, 0.25) is 0 Å². The fraction of sp³-hybridized carbons (Fsp3) is 0.182. The minimum Gasteiger partial charge on any atom is -0.269 e. The van der Waals surface area contributed by atoms with Gasteiger partial charge in [-0.3, -0.25) is 9.59 Å². The average Bonchev–Trinajstić information content (AvgIpc) is 2.43. The van der Waals surface area contributed by atoms with E-state index in [0.717, 1.165) is 14.9 Å². The van der Waals surface area contributed by atoms with Gasteiger partial charge in [-0.2, -0.15) is 0 Å². The third kappa shape index (κ3) is 1.67. The van der Waals surface area contributed by atoms with Crippen LogP contribution >= 0.6 is 15.9 Å². The minimum absolute atomic E-state index is 0.303. The molecule has 0 radical (unpaired) electrons. The molecule has 0 saturated heterocycles. The highest BCUT2D eigenvalue weighted by atomic mass is 79.9. The Balaban J connectivity index is 2.47. The molecule has 1 aliphatic heterocycles. The predicted octanol–water partition coefficient (Wildman–Crippen LogP) is 1.97. The fourth-order valence-corrected chi connectivity index (χ4v) is 2.00. The molecule has 82 valence electrons. The number of hydrogen-bond donors (Lipinski definition) is 0. The molecule has 2 rings (SSSR count). The van der Waals surface area contributed by atoms with E-state index in [9.17, 15) is 9.59 Å². The number of carbonyl (C=O) groups is 2. The zero-order valence-electron chi connectivity index (χ0n) is 8.82. The van der Waals surface area contributed by atoms with E-state index in [4.69, 9.17) is 0 Å². The molecule has 2 amide bonds. The van der Waals surface area contributed by atoms with Crippen LogP contribution in [-0.2, 0) is 9.59 Å². The summed E-state index contributed by atoms with van der Waals surface area (Å²) in [7, 11) is 0. The van der Waals surface area contributed by atoms with Gasteiger partial charge in [-0.1, -0.05) is 0 Å². The molecule has 0 N–H and O–H groups in total. The molecule has 0 bridgehead atoms. The van der Waals surface area contributed by atoms with Gasteiger partial charge in [-0.25, -0.2) is 9.88 Å². The van der Waals surface area contributed by atoms with Crippen LogP contribution in [0, 0.1) is 6.92 Å². The van der Waals surface area contributed by atoms with Crippen LogP contribution in [0.15, 0.2) is 28.4 Å². The number of rotatable bonds is 1. The normalized spacial score (nSPS) is 15.7. The van der Waals surface area contributed by atoms with Gasteiger partial charge in [0.25, 0.3) is 11.8 Å². The Kier molecular flexibility index (Phi) is 2.63. The lowest BCUT2D eigenvalue weighted by Crippen LogP contribution is -2.32. The molecule has 1 aliphatic rings. The molecule has 2 heterocycles. The minimum atomic E-state index is -0.333. The van der Waals surface area contributed by atoms with Crippen molar-refractivity contribution in [3.05, 3.63) is 33.9 Å². The van der Waals surface area contributed by atoms with Gasteiger partial charge in [0, 0.05) is 22.3 Å². The Labute approximate surface area is 101 Å². The van der Waals surface area contributed by atoms with E-state index in [1.165, 1.54) is 6.08 Å². The maximum absolute atomic E-state index is 11.7. The summed E-state index contributed by atoms with van der Waals surface area (Å²) in [5.74, 6) is -0.241. The van der Waals surface area contributed by atoms with Crippen molar-refractivity contribution in [1.29, 1.82) is 0 Å². The maximum Gasteiger partial charge on any atom is 0.262 e. The smallest absolute Gasteiger partial charge is 0.262 e. The van der Waals surface area contributed by atoms with Gasteiger partial charge in [0.1, 0.15) is 5.82 Å². The number of anilines is 1. The zero-order valence-corrected chi connectivity index (χ0v) is 10.4. The molecule has 4 nitrogen and oxygen atoms in total. The van der Waals surface area contributed by atoms with Crippen molar-refractivity contribution >= 4 is 33.6 Å². The molecule has 1 aromatic rings. The van der Waals surface area contributed by atoms with Crippen molar-refractivity contribution < 1.29 is 9.59 Å². The Morgan fingerprint density at radius 3 is 2.50 bits per heavy atom. The van der Waals surface area contributed by atoms with Crippen molar-refractivity contribution in [1.82, 2.24) is 4.98 Å². The predicted molar refractivity (Wildman–Crippen MR) is 62.9 cm³/mol. The van der Waals surface area contributed by atoms with E-state index in [1.54, 1.807) is 20.0 Å². The molecule has 0 atom stereocenters. The van der Waals surface area contributed by atoms with E-state index in [0.29, 0.717) is 11.4 Å². The van der Waals surface area contributed by atoms with Crippen LogP contribution < -0.4 is 4.90 Å². The van der Waals surface area contributed by atoms with E-state index in [-0.39, 0.29) is 11.8 Å². The van der Waals surface area contributed by atoms with Gasteiger partial charge >= 0.3 is 0 Å². The highest BCUT2D eigenvalue weighted by molar-refractivity contribution is 9.10. The lowest BCUT2D eigenvalue weighted by molar-refractivity contribution is -0.120. The van der Waals surface area contributed by atoms with Crippen LogP contribution in [0.2, 0.25) is 0 Å². The molecule has 0 unspecified atom stereocenters. The molecular formula is C11H9BrN2O2. The lowest BCUT2D eigenvalue weighted by Gasteiger charge is -2.15. The van der Waals surface area contributed by atoms with Gasteiger partial charge in [-0.15, -0.1) is 0 Å². The number of aryl methyl sites for hydroxylation is 1. The number of imide groups is 1. The monoisotopic (exact) mass is 280 g/mol. The average molecular weight is 281 g/mol. The first kappa shape index (κ1) is 11.0. The van der Waals surface area contributed by atoms with E-state index < -0.39 is 0 Å². The second kappa shape index (κ2) is 3.83. The second-order valence-electron chi connectivity index (χ2n) is 3.60. The number of nitrogens with zero attached hydrogens (tertiary/aromatic N) is 2. The summed E-state index contributed by atoms with van der Waals surface area (Å²) in [6.07, 6.45) is 2.89. The second-order valence-corrected chi connectivity index (χ2v) is 4.52. The first-order chi connectivity index (χ1) is 7.50. The van der Waals surface area contributed by atoms with Gasteiger partial charge in [0.05, 0.1) is 0 Å². The fourth-order valence-electron chi connectivity index (χ4n) is 1.56. The first-order valence-electron chi connectivity index (χ1n) is 4.69. The number of amides is 2. The first-order valence-corrected chi connectivity index (χ1v) is 5.49. The zero-order chi connectivity index (χ0) is 11.9. The van der Waals surface area contributed by atoms with Gasteiger partial charge < -0.3 is 0 Å². The Hall–Kier alpha value is -1.49. The van der Waals surface area contributed by atoms with E-state index in [1.807, 2.05) is 6.07 Å². The molecule has 5 heteroatoms. The molecule has 0 saturated carbocycles. The molecule has 0 aromatic carbocycles. The molecule has 16 heavy (non-hydrogen) atoms. The van der Waals surface area contributed by atoms with Gasteiger partial charge in [-0.05, 0) is 41.4 Å². The highest BCUT2D eigenvalue weighted by Crippen LogP contribution is 2.25. The third-order valence-corrected chi connectivity index (χ3v) is 2.76.